The fourth-order valence-electron chi connectivity index (χ4n) is 9.57. The number of H-pyrrole nitrogens is 1. The van der Waals surface area contributed by atoms with Gasteiger partial charge in [0, 0.05) is 55.0 Å². The SMILES string of the molecule is CC1(C)CCC(CN2CCN(c3ccc(C(=O)NS(=O)(=O)c4ccc(NCCN5CCCO[PH]5(C)O)c([N+](=O)[O-])c4)c(N4CCOc5nc6[nH]ccc6cc54)c3)CC2)=C(c2ccc(Cl)cc2)C1. The number of benzene rings is 3. The van der Waals surface area contributed by atoms with E-state index in [1.807, 2.05) is 46.0 Å². The minimum Gasteiger partial charge on any atom is -0.474 e. The zero-order valence-corrected chi connectivity index (χ0v) is 40.5. The van der Waals surface area contributed by atoms with Gasteiger partial charge in [-0.05, 0) is 78.3 Å². The van der Waals surface area contributed by atoms with E-state index >= 15 is 0 Å². The minimum atomic E-state index is -4.61. The number of anilines is 4. The number of nitro benzene ring substituents is 1. The summed E-state index contributed by atoms with van der Waals surface area (Å²) < 4.78 is 43.5. The third-order valence-electron chi connectivity index (χ3n) is 13.3. The van der Waals surface area contributed by atoms with Crippen LogP contribution in [0, 0.1) is 15.5 Å². The molecule has 0 unspecified atom stereocenters. The second kappa shape index (κ2) is 19.0. The molecule has 3 aliphatic heterocycles. The van der Waals surface area contributed by atoms with Crippen molar-refractivity contribution >= 4 is 80.4 Å². The Morgan fingerprint density at radius 2 is 1.79 bits per heavy atom. The number of carbonyl (C=O) groups is 1. The molecule has 2 aromatic heterocycles. The van der Waals surface area contributed by atoms with Crippen LogP contribution < -0.4 is 24.6 Å². The average Bonchev–Trinajstić information content (AvgIpc) is 3.77. The molecule has 0 bridgehead atoms. The van der Waals surface area contributed by atoms with Crippen molar-refractivity contribution in [3.63, 3.8) is 0 Å². The minimum absolute atomic E-state index is 0.0868. The second-order valence-electron chi connectivity index (χ2n) is 18.5. The number of amides is 1. The molecule has 17 nitrogen and oxygen atoms in total. The van der Waals surface area contributed by atoms with Crippen molar-refractivity contribution in [3.05, 3.63) is 111 Å². The number of fused-ring (bicyclic) bond motifs is 2. The van der Waals surface area contributed by atoms with Crippen LogP contribution in [0.5, 0.6) is 5.88 Å². The van der Waals surface area contributed by atoms with Gasteiger partial charge in [-0.25, -0.2) is 0 Å². The molecule has 2 saturated heterocycles. The third-order valence-corrected chi connectivity index (χ3v) is 17.3. The molecule has 20 heteroatoms. The Labute approximate surface area is 395 Å². The fraction of sp³-hybridized carbons (Fsp3) is 0.404. The van der Waals surface area contributed by atoms with Crippen molar-refractivity contribution in [2.45, 2.75) is 44.4 Å². The van der Waals surface area contributed by atoms with Crippen LogP contribution in [-0.2, 0) is 14.5 Å². The summed E-state index contributed by atoms with van der Waals surface area (Å²) in [6.45, 7) is 12.7. The maximum Gasteiger partial charge on any atom is 0.240 e. The van der Waals surface area contributed by atoms with E-state index in [9.17, 15) is 28.2 Å². The van der Waals surface area contributed by atoms with Crippen LogP contribution in [0.3, 0.4) is 0 Å². The average molecular weight is 975 g/mol. The number of carbonyl (C=O) groups excluding carboxylic acids is 1. The van der Waals surface area contributed by atoms with E-state index in [4.69, 9.17) is 20.9 Å². The molecule has 2 fully saturated rings. The summed E-state index contributed by atoms with van der Waals surface area (Å²) in [5, 5.41) is 16.8. The molecule has 5 heterocycles. The Balaban J connectivity index is 0.959. The van der Waals surface area contributed by atoms with Crippen molar-refractivity contribution in [2.75, 3.05) is 93.9 Å². The zero-order chi connectivity index (χ0) is 47.1. The van der Waals surface area contributed by atoms with Gasteiger partial charge in [0.05, 0.1) is 12.2 Å². The van der Waals surface area contributed by atoms with Gasteiger partial charge in [0.15, 0.2) is 0 Å². The van der Waals surface area contributed by atoms with Crippen LogP contribution in [-0.4, -0.2) is 122 Å². The Hall–Kier alpha value is -5.33. The maximum atomic E-state index is 14.3. The Morgan fingerprint density at radius 1 is 1.00 bits per heavy atom. The Bertz CT molecular complexity index is 2830. The molecule has 3 aromatic carbocycles. The normalized spacial score (nSPS) is 19.4. The molecule has 0 saturated carbocycles. The van der Waals surface area contributed by atoms with Crippen LogP contribution in [0.15, 0.2) is 89.5 Å². The molecule has 1 amide bonds. The molecule has 67 heavy (non-hydrogen) atoms. The summed E-state index contributed by atoms with van der Waals surface area (Å²) in [5.74, 6) is -0.532. The molecule has 0 spiro atoms. The number of pyridine rings is 1. The molecule has 9 rings (SSSR count). The van der Waals surface area contributed by atoms with Crippen molar-refractivity contribution in [2.24, 2.45) is 5.41 Å². The molecule has 356 valence electrons. The number of allylic oxidation sites excluding steroid dienone is 1. The number of hydrogen-bond donors (Lipinski definition) is 4. The van der Waals surface area contributed by atoms with Gasteiger partial charge >= 0.3 is 156 Å². The van der Waals surface area contributed by atoms with Gasteiger partial charge in [-0.1, -0.05) is 43.2 Å². The monoisotopic (exact) mass is 973 g/mol. The van der Waals surface area contributed by atoms with Gasteiger partial charge in [0.1, 0.15) is 17.9 Å². The smallest absolute Gasteiger partial charge is 0.240 e. The number of rotatable bonds is 13. The predicted octanol–water partition coefficient (Wildman–Crippen LogP) is 7.81. The maximum absolute atomic E-state index is 14.3. The van der Waals surface area contributed by atoms with E-state index in [0.717, 1.165) is 80.6 Å². The molecule has 0 radical (unpaired) electrons. The number of sulfonamides is 1. The predicted molar refractivity (Wildman–Crippen MR) is 265 cm³/mol. The number of aromatic amines is 1. The Morgan fingerprint density at radius 3 is 2.55 bits per heavy atom. The van der Waals surface area contributed by atoms with Crippen molar-refractivity contribution < 1.29 is 32.3 Å². The van der Waals surface area contributed by atoms with E-state index in [-0.39, 0.29) is 29.8 Å². The quantitative estimate of drug-likeness (QED) is 0.0506. The molecular formula is C47H57ClN9O8PS. The third kappa shape index (κ3) is 10.3. The molecule has 4 N–H and O–H groups in total. The summed E-state index contributed by atoms with van der Waals surface area (Å²) >= 11 is 6.27. The largest absolute Gasteiger partial charge is 0.474 e. The van der Waals surface area contributed by atoms with Crippen molar-refractivity contribution in [3.8, 4) is 5.88 Å². The first-order valence-corrected chi connectivity index (χ1v) is 26.9. The van der Waals surface area contributed by atoms with Gasteiger partial charge in [-0.15, -0.1) is 0 Å². The van der Waals surface area contributed by atoms with Gasteiger partial charge in [0.2, 0.25) is 5.88 Å². The number of piperazine rings is 1. The van der Waals surface area contributed by atoms with Gasteiger partial charge in [-0.3, -0.25) is 4.90 Å². The summed E-state index contributed by atoms with van der Waals surface area (Å²) in [6, 6.07) is 20.9. The van der Waals surface area contributed by atoms with Crippen LogP contribution in [0.25, 0.3) is 16.6 Å². The first-order chi connectivity index (χ1) is 32.0. The number of halogens is 1. The zero-order valence-electron chi connectivity index (χ0n) is 37.9. The van der Waals surface area contributed by atoms with Gasteiger partial charge in [-0.2, -0.15) is 4.98 Å². The van der Waals surface area contributed by atoms with Gasteiger partial charge in [0.25, 0.3) is 0 Å². The number of nitrogens with zero attached hydrogens (tertiary/aromatic N) is 6. The number of ether oxygens (including phenoxy) is 1. The number of nitro groups is 1. The number of hydrogen-bond acceptors (Lipinski definition) is 14. The molecular weight excluding hydrogens is 917 g/mol. The molecule has 5 aromatic rings. The standard InChI is InChI=1S/C47H57ClN9O8PS/c1-47(2)15-13-34(39(30-47)32-5-7-35(48)8-6-32)31-53-20-22-54(23-21-53)36-9-11-38(41(28-36)56-24-26-64-46-43(56)27-33-14-16-50-44(33)51-46)45(58)52-67(62,63)37-10-12-40(42(29-37)57(59)60)49-17-19-55-18-4-25-65-66(55,3)61/h5-12,14,16,27-29,49,61,66H,4,13,15,17-26,30-31H2,1-3H3,(H,50,51)(H,52,58). The van der Waals surface area contributed by atoms with Crippen molar-refractivity contribution in [1.82, 2.24) is 24.3 Å². The summed E-state index contributed by atoms with van der Waals surface area (Å²) in [7, 11) is -7.64. The number of aromatic nitrogens is 2. The van der Waals surface area contributed by atoms with E-state index in [1.165, 1.54) is 28.8 Å². The molecule has 0 atom stereocenters. The fourth-order valence-corrected chi connectivity index (χ4v) is 12.5. The summed E-state index contributed by atoms with van der Waals surface area (Å²) in [5.41, 5.74) is 6.63. The van der Waals surface area contributed by atoms with E-state index in [2.05, 4.69) is 55.8 Å². The van der Waals surface area contributed by atoms with Crippen LogP contribution >= 0.6 is 19.5 Å². The van der Waals surface area contributed by atoms with Crippen LogP contribution in [0.4, 0.5) is 28.4 Å². The molecule has 1 aliphatic carbocycles. The van der Waals surface area contributed by atoms with E-state index in [0.29, 0.717) is 49.1 Å². The van der Waals surface area contributed by atoms with E-state index < -0.39 is 39.3 Å². The first kappa shape index (κ1) is 46.8. The second-order valence-corrected chi connectivity index (χ2v) is 23.5. The van der Waals surface area contributed by atoms with Crippen molar-refractivity contribution in [1.29, 1.82) is 0 Å². The number of nitrogens with one attached hydrogen (secondary N) is 3. The van der Waals surface area contributed by atoms with Crippen LogP contribution in [0.2, 0.25) is 5.02 Å². The van der Waals surface area contributed by atoms with Gasteiger partial charge < -0.3 is 19.5 Å². The Kier molecular flexibility index (Phi) is 13.3. The summed E-state index contributed by atoms with van der Waals surface area (Å²) in [4.78, 5) is 50.7. The summed E-state index contributed by atoms with van der Waals surface area (Å²) in [6.07, 6.45) is 5.72. The topological polar surface area (TPSA) is 199 Å². The van der Waals surface area contributed by atoms with Crippen LogP contribution in [0.1, 0.15) is 55.5 Å². The molecule has 4 aliphatic rings. The first-order valence-electron chi connectivity index (χ1n) is 22.7. The van der Waals surface area contributed by atoms with E-state index in [1.54, 1.807) is 18.9 Å².